The van der Waals surface area contributed by atoms with Crippen LogP contribution in [-0.4, -0.2) is 44.1 Å². The number of anilines is 2. The maximum Gasteiger partial charge on any atom is 0.324 e. The van der Waals surface area contributed by atoms with Crippen molar-refractivity contribution in [2.45, 2.75) is 6.42 Å². The highest BCUT2D eigenvalue weighted by molar-refractivity contribution is 6.04. The van der Waals surface area contributed by atoms with E-state index in [9.17, 15) is 9.59 Å². The monoisotopic (exact) mass is 339 g/mol. The predicted octanol–water partition coefficient (Wildman–Crippen LogP) is 3.21. The maximum atomic E-state index is 12.3. The SMILES string of the molecule is COc1cccc(C(=O)Nc2ccc(N3CCCN(C)C3=O)cc2)c1. The third kappa shape index (κ3) is 3.74. The minimum Gasteiger partial charge on any atom is -0.497 e. The first kappa shape index (κ1) is 16.8. The second-order valence-corrected chi connectivity index (χ2v) is 5.94. The molecule has 0 bridgehead atoms. The molecule has 3 amide bonds. The van der Waals surface area contributed by atoms with E-state index in [0.717, 1.165) is 18.7 Å². The molecule has 0 aliphatic carbocycles. The van der Waals surface area contributed by atoms with Gasteiger partial charge in [-0.2, -0.15) is 0 Å². The van der Waals surface area contributed by atoms with E-state index >= 15 is 0 Å². The Morgan fingerprint density at radius 1 is 1.12 bits per heavy atom. The van der Waals surface area contributed by atoms with Gasteiger partial charge in [0.15, 0.2) is 0 Å². The normalized spacial score (nSPS) is 14.4. The van der Waals surface area contributed by atoms with Crippen molar-refractivity contribution in [3.05, 3.63) is 54.1 Å². The van der Waals surface area contributed by atoms with E-state index in [4.69, 9.17) is 4.74 Å². The molecule has 6 heteroatoms. The molecule has 0 spiro atoms. The fourth-order valence-corrected chi connectivity index (χ4v) is 2.80. The molecule has 1 saturated heterocycles. The van der Waals surface area contributed by atoms with Crippen LogP contribution in [0.25, 0.3) is 0 Å². The van der Waals surface area contributed by atoms with Crippen molar-refractivity contribution in [2.24, 2.45) is 0 Å². The van der Waals surface area contributed by atoms with E-state index in [1.54, 1.807) is 60.4 Å². The van der Waals surface area contributed by atoms with Gasteiger partial charge < -0.3 is 15.0 Å². The van der Waals surface area contributed by atoms with Crippen LogP contribution in [0.1, 0.15) is 16.8 Å². The van der Waals surface area contributed by atoms with Gasteiger partial charge in [0.2, 0.25) is 0 Å². The van der Waals surface area contributed by atoms with E-state index in [-0.39, 0.29) is 11.9 Å². The number of nitrogens with zero attached hydrogens (tertiary/aromatic N) is 2. The van der Waals surface area contributed by atoms with E-state index in [2.05, 4.69) is 5.32 Å². The summed E-state index contributed by atoms with van der Waals surface area (Å²) in [4.78, 5) is 28.0. The summed E-state index contributed by atoms with van der Waals surface area (Å²) >= 11 is 0. The molecule has 0 aromatic heterocycles. The number of amides is 3. The number of rotatable bonds is 4. The smallest absolute Gasteiger partial charge is 0.324 e. The summed E-state index contributed by atoms with van der Waals surface area (Å²) in [5.74, 6) is 0.427. The van der Waals surface area contributed by atoms with Crippen molar-refractivity contribution in [1.82, 2.24) is 4.90 Å². The van der Waals surface area contributed by atoms with Gasteiger partial charge in [-0.25, -0.2) is 4.79 Å². The van der Waals surface area contributed by atoms with Gasteiger partial charge in [0.25, 0.3) is 5.91 Å². The lowest BCUT2D eigenvalue weighted by molar-refractivity contribution is 0.102. The van der Waals surface area contributed by atoms with Crippen LogP contribution in [0.3, 0.4) is 0 Å². The zero-order valence-electron chi connectivity index (χ0n) is 14.4. The zero-order chi connectivity index (χ0) is 17.8. The van der Waals surface area contributed by atoms with Gasteiger partial charge in [0.05, 0.1) is 7.11 Å². The number of hydrogen-bond donors (Lipinski definition) is 1. The zero-order valence-corrected chi connectivity index (χ0v) is 14.4. The highest BCUT2D eigenvalue weighted by Gasteiger charge is 2.23. The molecule has 2 aromatic carbocycles. The van der Waals surface area contributed by atoms with Crippen molar-refractivity contribution in [2.75, 3.05) is 37.5 Å². The maximum absolute atomic E-state index is 12.3. The number of carbonyl (C=O) groups excluding carboxylic acids is 2. The van der Waals surface area contributed by atoms with Gasteiger partial charge in [-0.05, 0) is 48.9 Å². The highest BCUT2D eigenvalue weighted by atomic mass is 16.5. The molecule has 25 heavy (non-hydrogen) atoms. The van der Waals surface area contributed by atoms with Crippen LogP contribution in [0.5, 0.6) is 5.75 Å². The van der Waals surface area contributed by atoms with Crippen molar-refractivity contribution >= 4 is 23.3 Å². The first-order valence-electron chi connectivity index (χ1n) is 8.16. The molecule has 2 aromatic rings. The number of hydrogen-bond acceptors (Lipinski definition) is 3. The summed E-state index contributed by atoms with van der Waals surface area (Å²) in [6.07, 6.45) is 0.941. The molecule has 0 atom stereocenters. The summed E-state index contributed by atoms with van der Waals surface area (Å²) in [6.45, 7) is 1.49. The Kier molecular flexibility index (Phi) is 4.88. The Bertz CT molecular complexity index is 774. The standard InChI is InChI=1S/C19H21N3O3/c1-21-11-4-12-22(19(21)24)16-9-7-15(8-10-16)20-18(23)14-5-3-6-17(13-14)25-2/h3,5-10,13H,4,11-12H2,1-2H3,(H,20,23). The summed E-state index contributed by atoms with van der Waals surface area (Å²) in [5, 5.41) is 2.85. The molecule has 1 fully saturated rings. The summed E-state index contributed by atoms with van der Waals surface area (Å²) < 4.78 is 5.14. The van der Waals surface area contributed by atoms with Crippen molar-refractivity contribution in [1.29, 1.82) is 0 Å². The molecule has 1 aliphatic heterocycles. The van der Waals surface area contributed by atoms with Gasteiger partial charge >= 0.3 is 6.03 Å². The summed E-state index contributed by atoms with van der Waals surface area (Å²) in [7, 11) is 3.37. The van der Waals surface area contributed by atoms with Crippen LogP contribution in [-0.2, 0) is 0 Å². The Hall–Kier alpha value is -3.02. The van der Waals surface area contributed by atoms with E-state index in [1.807, 2.05) is 12.1 Å². The van der Waals surface area contributed by atoms with E-state index < -0.39 is 0 Å². The Morgan fingerprint density at radius 3 is 2.60 bits per heavy atom. The molecule has 0 unspecified atom stereocenters. The molecule has 130 valence electrons. The summed E-state index contributed by atoms with van der Waals surface area (Å²) in [6, 6.07) is 14.3. The molecular formula is C19H21N3O3. The Balaban J connectivity index is 1.70. The lowest BCUT2D eigenvalue weighted by Gasteiger charge is -2.33. The summed E-state index contributed by atoms with van der Waals surface area (Å²) in [5.41, 5.74) is 2.03. The molecule has 0 radical (unpaired) electrons. The Labute approximate surface area is 147 Å². The van der Waals surface area contributed by atoms with Crippen LogP contribution in [0.4, 0.5) is 16.2 Å². The first-order chi connectivity index (χ1) is 12.1. The van der Waals surface area contributed by atoms with Crippen LogP contribution < -0.4 is 15.0 Å². The minimum absolute atomic E-state index is 0.000541. The average Bonchev–Trinajstić information content (AvgIpc) is 2.65. The van der Waals surface area contributed by atoms with Crippen LogP contribution in [0.2, 0.25) is 0 Å². The number of nitrogens with one attached hydrogen (secondary N) is 1. The third-order valence-electron chi connectivity index (χ3n) is 4.20. The lowest BCUT2D eigenvalue weighted by Crippen LogP contribution is -2.47. The number of benzene rings is 2. The van der Waals surface area contributed by atoms with Gasteiger partial charge in [-0.3, -0.25) is 9.69 Å². The molecule has 1 aliphatic rings. The van der Waals surface area contributed by atoms with Crippen LogP contribution in [0.15, 0.2) is 48.5 Å². The van der Waals surface area contributed by atoms with E-state index in [0.29, 0.717) is 23.5 Å². The third-order valence-corrected chi connectivity index (χ3v) is 4.20. The van der Waals surface area contributed by atoms with Crippen molar-refractivity contribution < 1.29 is 14.3 Å². The fourth-order valence-electron chi connectivity index (χ4n) is 2.80. The molecule has 6 nitrogen and oxygen atoms in total. The molecule has 1 heterocycles. The van der Waals surface area contributed by atoms with Crippen molar-refractivity contribution in [3.8, 4) is 5.75 Å². The largest absolute Gasteiger partial charge is 0.497 e. The van der Waals surface area contributed by atoms with Crippen molar-refractivity contribution in [3.63, 3.8) is 0 Å². The quantitative estimate of drug-likeness (QED) is 0.930. The Morgan fingerprint density at radius 2 is 1.88 bits per heavy atom. The van der Waals surface area contributed by atoms with Gasteiger partial charge in [-0.15, -0.1) is 0 Å². The molecule has 0 saturated carbocycles. The predicted molar refractivity (Wildman–Crippen MR) is 97.4 cm³/mol. The minimum atomic E-state index is -0.208. The second kappa shape index (κ2) is 7.25. The number of methoxy groups -OCH3 is 1. The van der Waals surface area contributed by atoms with Gasteiger partial charge in [-0.1, -0.05) is 6.07 Å². The molecular weight excluding hydrogens is 318 g/mol. The average molecular weight is 339 g/mol. The van der Waals surface area contributed by atoms with E-state index in [1.165, 1.54) is 0 Å². The highest BCUT2D eigenvalue weighted by Crippen LogP contribution is 2.22. The van der Waals surface area contributed by atoms with Crippen LogP contribution >= 0.6 is 0 Å². The van der Waals surface area contributed by atoms with Crippen LogP contribution in [0, 0.1) is 0 Å². The van der Waals surface area contributed by atoms with Gasteiger partial charge in [0.1, 0.15) is 5.75 Å². The second-order valence-electron chi connectivity index (χ2n) is 5.94. The molecule has 1 N–H and O–H groups in total. The first-order valence-corrected chi connectivity index (χ1v) is 8.16. The number of urea groups is 1. The van der Waals surface area contributed by atoms with Gasteiger partial charge in [0, 0.05) is 37.1 Å². The molecule has 3 rings (SSSR count). The number of ether oxygens (including phenoxy) is 1. The number of carbonyl (C=O) groups is 2. The lowest BCUT2D eigenvalue weighted by atomic mass is 10.2. The topological polar surface area (TPSA) is 61.9 Å². The fraction of sp³-hybridized carbons (Fsp3) is 0.263.